The van der Waals surface area contributed by atoms with Crippen molar-refractivity contribution < 1.29 is 4.79 Å². The highest BCUT2D eigenvalue weighted by molar-refractivity contribution is 5.92. The molecule has 21 heavy (non-hydrogen) atoms. The molecule has 2 unspecified atom stereocenters. The van der Waals surface area contributed by atoms with Gasteiger partial charge in [-0.3, -0.25) is 14.7 Å². The Morgan fingerprint density at radius 2 is 2.05 bits per heavy atom. The van der Waals surface area contributed by atoms with Gasteiger partial charge in [-0.25, -0.2) is 0 Å². The maximum absolute atomic E-state index is 12.3. The third-order valence-electron chi connectivity index (χ3n) is 4.41. The monoisotopic (exact) mass is 289 g/mol. The summed E-state index contributed by atoms with van der Waals surface area (Å²) < 4.78 is 0. The molecule has 1 N–H and O–H groups in total. The molecular formula is C17H27N3O. The number of hydrogen-bond acceptors (Lipinski definition) is 3. The highest BCUT2D eigenvalue weighted by Gasteiger charge is 2.27. The Morgan fingerprint density at radius 3 is 2.71 bits per heavy atom. The minimum Gasteiger partial charge on any atom is -0.325 e. The van der Waals surface area contributed by atoms with Gasteiger partial charge in [0.15, 0.2) is 0 Å². The molecule has 0 saturated carbocycles. The van der Waals surface area contributed by atoms with E-state index in [4.69, 9.17) is 0 Å². The molecule has 4 nitrogen and oxygen atoms in total. The van der Waals surface area contributed by atoms with Crippen molar-refractivity contribution in [2.75, 3.05) is 18.4 Å². The van der Waals surface area contributed by atoms with Crippen LogP contribution >= 0.6 is 0 Å². The summed E-state index contributed by atoms with van der Waals surface area (Å²) in [5, 5.41) is 2.96. The van der Waals surface area contributed by atoms with Gasteiger partial charge < -0.3 is 5.32 Å². The Hall–Kier alpha value is -1.42. The van der Waals surface area contributed by atoms with E-state index in [1.165, 1.54) is 19.3 Å². The number of hydrogen-bond donors (Lipinski definition) is 1. The highest BCUT2D eigenvalue weighted by atomic mass is 16.2. The molecular weight excluding hydrogens is 262 g/mol. The minimum atomic E-state index is 0.0707. The number of amides is 1. The molecule has 4 heteroatoms. The zero-order valence-corrected chi connectivity index (χ0v) is 13.4. The van der Waals surface area contributed by atoms with Gasteiger partial charge in [-0.2, -0.15) is 0 Å². The van der Waals surface area contributed by atoms with Gasteiger partial charge in [0.05, 0.1) is 6.54 Å². The standard InChI is InChI=1S/C17H27N3O/c1-13(2)16-5-4-14(3)8-11-20(16)12-17(21)19-15-6-9-18-10-7-15/h6-7,9-10,13-14,16H,4-5,8,11-12H2,1-3H3,(H,18,19,21). The van der Waals surface area contributed by atoms with E-state index >= 15 is 0 Å². The summed E-state index contributed by atoms with van der Waals surface area (Å²) in [4.78, 5) is 18.6. The van der Waals surface area contributed by atoms with Gasteiger partial charge in [0.2, 0.25) is 5.91 Å². The van der Waals surface area contributed by atoms with Crippen molar-refractivity contribution in [2.24, 2.45) is 11.8 Å². The average Bonchev–Trinajstić information content (AvgIpc) is 2.62. The Kier molecular flexibility index (Phi) is 5.74. The van der Waals surface area contributed by atoms with Crippen LogP contribution in [0.15, 0.2) is 24.5 Å². The lowest BCUT2D eigenvalue weighted by molar-refractivity contribution is -0.118. The Bertz CT molecular complexity index is 447. The first-order valence-corrected chi connectivity index (χ1v) is 8.00. The first-order chi connectivity index (χ1) is 10.1. The molecule has 1 aliphatic heterocycles. The van der Waals surface area contributed by atoms with Gasteiger partial charge >= 0.3 is 0 Å². The van der Waals surface area contributed by atoms with E-state index in [0.29, 0.717) is 18.5 Å². The average molecular weight is 289 g/mol. The number of carbonyl (C=O) groups excluding carboxylic acids is 1. The van der Waals surface area contributed by atoms with Gasteiger partial charge in [0.1, 0.15) is 0 Å². The Balaban J connectivity index is 1.96. The summed E-state index contributed by atoms with van der Waals surface area (Å²) in [7, 11) is 0. The molecule has 1 saturated heterocycles. The first-order valence-electron chi connectivity index (χ1n) is 8.00. The number of likely N-dealkylation sites (tertiary alicyclic amines) is 1. The number of nitrogens with one attached hydrogen (secondary N) is 1. The first kappa shape index (κ1) is 16.0. The number of rotatable bonds is 4. The fraction of sp³-hybridized carbons (Fsp3) is 0.647. The molecule has 0 aliphatic carbocycles. The van der Waals surface area contributed by atoms with E-state index < -0.39 is 0 Å². The molecule has 0 spiro atoms. The quantitative estimate of drug-likeness (QED) is 0.926. The largest absolute Gasteiger partial charge is 0.325 e. The van der Waals surface area contributed by atoms with E-state index in [2.05, 4.69) is 36.0 Å². The predicted molar refractivity (Wildman–Crippen MR) is 86.1 cm³/mol. The number of anilines is 1. The van der Waals surface area contributed by atoms with E-state index in [-0.39, 0.29) is 5.91 Å². The number of carbonyl (C=O) groups is 1. The van der Waals surface area contributed by atoms with Crippen molar-refractivity contribution in [3.05, 3.63) is 24.5 Å². The molecule has 1 aromatic rings. The van der Waals surface area contributed by atoms with Crippen LogP contribution in [0.1, 0.15) is 40.0 Å². The Labute approximate surface area is 127 Å². The summed E-state index contributed by atoms with van der Waals surface area (Å²) in [6.45, 7) is 8.34. The molecule has 2 heterocycles. The van der Waals surface area contributed by atoms with Crippen molar-refractivity contribution in [1.29, 1.82) is 0 Å². The Morgan fingerprint density at radius 1 is 1.33 bits per heavy atom. The third-order valence-corrected chi connectivity index (χ3v) is 4.41. The highest BCUT2D eigenvalue weighted by Crippen LogP contribution is 2.25. The van der Waals surface area contributed by atoms with Crippen LogP contribution in [-0.2, 0) is 4.79 Å². The van der Waals surface area contributed by atoms with Crippen LogP contribution in [0.3, 0.4) is 0 Å². The second-order valence-corrected chi connectivity index (χ2v) is 6.54. The lowest BCUT2D eigenvalue weighted by atomic mass is 9.95. The van der Waals surface area contributed by atoms with E-state index in [1.807, 2.05) is 12.1 Å². The SMILES string of the molecule is CC1CCC(C(C)C)N(CC(=O)Nc2ccncc2)CC1. The van der Waals surface area contributed by atoms with Gasteiger partial charge in [-0.05, 0) is 49.8 Å². The smallest absolute Gasteiger partial charge is 0.238 e. The van der Waals surface area contributed by atoms with Crippen LogP contribution in [-0.4, -0.2) is 34.9 Å². The van der Waals surface area contributed by atoms with E-state index in [9.17, 15) is 4.79 Å². The molecule has 0 aromatic carbocycles. The second-order valence-electron chi connectivity index (χ2n) is 6.54. The van der Waals surface area contributed by atoms with Gasteiger partial charge in [0.25, 0.3) is 0 Å². The van der Waals surface area contributed by atoms with Crippen LogP contribution in [0, 0.1) is 11.8 Å². The lowest BCUT2D eigenvalue weighted by Gasteiger charge is -2.32. The van der Waals surface area contributed by atoms with Crippen LogP contribution in [0.25, 0.3) is 0 Å². The van der Waals surface area contributed by atoms with Crippen LogP contribution in [0.2, 0.25) is 0 Å². The van der Waals surface area contributed by atoms with Gasteiger partial charge in [-0.15, -0.1) is 0 Å². The molecule has 2 atom stereocenters. The maximum atomic E-state index is 12.3. The molecule has 1 aliphatic rings. The zero-order valence-electron chi connectivity index (χ0n) is 13.4. The van der Waals surface area contributed by atoms with Crippen LogP contribution in [0.5, 0.6) is 0 Å². The second kappa shape index (κ2) is 7.55. The van der Waals surface area contributed by atoms with Gasteiger partial charge in [0, 0.05) is 24.1 Å². The normalized spacial score (nSPS) is 23.8. The minimum absolute atomic E-state index is 0.0707. The van der Waals surface area contributed by atoms with Crippen molar-refractivity contribution in [3.63, 3.8) is 0 Å². The third kappa shape index (κ3) is 4.81. The number of aromatic nitrogens is 1. The summed E-state index contributed by atoms with van der Waals surface area (Å²) >= 11 is 0. The van der Waals surface area contributed by atoms with E-state index in [1.54, 1.807) is 12.4 Å². The number of pyridine rings is 1. The van der Waals surface area contributed by atoms with Crippen LogP contribution in [0.4, 0.5) is 5.69 Å². The predicted octanol–water partition coefficient (Wildman–Crippen LogP) is 3.17. The zero-order chi connectivity index (χ0) is 15.2. The van der Waals surface area contributed by atoms with Crippen LogP contribution < -0.4 is 5.32 Å². The molecule has 1 aromatic heterocycles. The molecule has 1 amide bonds. The van der Waals surface area contributed by atoms with Crippen molar-refractivity contribution in [2.45, 2.75) is 46.1 Å². The van der Waals surface area contributed by atoms with Gasteiger partial charge in [-0.1, -0.05) is 20.8 Å². The van der Waals surface area contributed by atoms with Crippen molar-refractivity contribution in [3.8, 4) is 0 Å². The molecule has 0 radical (unpaired) electrons. The fourth-order valence-corrected chi connectivity index (χ4v) is 3.11. The summed E-state index contributed by atoms with van der Waals surface area (Å²) in [6.07, 6.45) is 7.04. The lowest BCUT2D eigenvalue weighted by Crippen LogP contribution is -2.43. The fourth-order valence-electron chi connectivity index (χ4n) is 3.11. The molecule has 1 fully saturated rings. The topological polar surface area (TPSA) is 45.2 Å². The molecule has 0 bridgehead atoms. The summed E-state index contributed by atoms with van der Waals surface area (Å²) in [5.41, 5.74) is 0.819. The summed E-state index contributed by atoms with van der Waals surface area (Å²) in [5.74, 6) is 1.42. The number of nitrogens with zero attached hydrogens (tertiary/aromatic N) is 2. The molecule has 116 valence electrons. The van der Waals surface area contributed by atoms with Crippen molar-refractivity contribution in [1.82, 2.24) is 9.88 Å². The summed E-state index contributed by atoms with van der Waals surface area (Å²) in [6, 6.07) is 4.16. The van der Waals surface area contributed by atoms with Crippen molar-refractivity contribution >= 4 is 11.6 Å². The molecule has 2 rings (SSSR count). The maximum Gasteiger partial charge on any atom is 0.238 e. The van der Waals surface area contributed by atoms with E-state index in [0.717, 1.165) is 18.2 Å².